The number of carboxylic acids is 1. The van der Waals surface area contributed by atoms with Crippen molar-refractivity contribution in [1.82, 2.24) is 4.57 Å². The number of aromatic nitrogens is 1. The fourth-order valence-electron chi connectivity index (χ4n) is 2.56. The lowest BCUT2D eigenvalue weighted by atomic mass is 10.1. The van der Waals surface area contributed by atoms with Crippen LogP contribution < -0.4 is 4.80 Å². The van der Waals surface area contributed by atoms with E-state index in [-0.39, 0.29) is 5.91 Å². The number of carbonyl (C=O) groups is 2. The Morgan fingerprint density at radius 2 is 1.72 bits per heavy atom. The molecule has 3 aromatic rings. The average molecular weight is 354 g/mol. The first-order chi connectivity index (χ1) is 11.9. The van der Waals surface area contributed by atoms with Gasteiger partial charge in [0.25, 0.3) is 5.91 Å². The number of rotatable bonds is 3. The van der Waals surface area contributed by atoms with E-state index >= 15 is 0 Å². The second kappa shape index (κ2) is 6.64. The van der Waals surface area contributed by atoms with E-state index in [2.05, 4.69) is 4.99 Å². The molecule has 1 N–H and O–H groups in total. The number of thiazole rings is 1. The zero-order valence-electron chi connectivity index (χ0n) is 14.2. The van der Waals surface area contributed by atoms with E-state index in [0.717, 1.165) is 21.3 Å². The van der Waals surface area contributed by atoms with Crippen molar-refractivity contribution in [2.24, 2.45) is 4.99 Å². The van der Waals surface area contributed by atoms with E-state index in [1.54, 1.807) is 23.6 Å². The number of carbonyl (C=O) groups excluding carboxylic acids is 1. The normalized spacial score (nSPS) is 13.2. The van der Waals surface area contributed by atoms with E-state index in [4.69, 9.17) is 0 Å². The van der Waals surface area contributed by atoms with Gasteiger partial charge >= 0.3 is 5.97 Å². The number of hydrogen-bond donors (Lipinski definition) is 1. The number of benzene rings is 2. The summed E-state index contributed by atoms with van der Waals surface area (Å²) < 4.78 is 2.51. The Morgan fingerprint density at radius 1 is 1.08 bits per heavy atom. The van der Waals surface area contributed by atoms with Crippen LogP contribution in [0.2, 0.25) is 0 Å². The van der Waals surface area contributed by atoms with Gasteiger partial charge in [-0.3, -0.25) is 4.79 Å². The predicted molar refractivity (Wildman–Crippen MR) is 98.0 cm³/mol. The van der Waals surface area contributed by atoms with Crippen LogP contribution in [0.5, 0.6) is 0 Å². The van der Waals surface area contributed by atoms with Crippen LogP contribution in [0.1, 0.15) is 34.5 Å². The molecule has 6 heteroatoms. The summed E-state index contributed by atoms with van der Waals surface area (Å²) in [6.07, 6.45) is 0. The highest BCUT2D eigenvalue weighted by molar-refractivity contribution is 7.16. The number of aliphatic carboxylic acids is 1. The molecule has 0 aliphatic heterocycles. The highest BCUT2D eigenvalue weighted by Gasteiger charge is 2.19. The van der Waals surface area contributed by atoms with Gasteiger partial charge in [-0.15, -0.1) is 0 Å². The zero-order chi connectivity index (χ0) is 18.1. The van der Waals surface area contributed by atoms with E-state index in [1.807, 2.05) is 44.2 Å². The summed E-state index contributed by atoms with van der Waals surface area (Å²) in [7, 11) is 0. The molecule has 0 fully saturated rings. The van der Waals surface area contributed by atoms with Crippen LogP contribution in [0.3, 0.4) is 0 Å². The molecular weight excluding hydrogens is 336 g/mol. The highest BCUT2D eigenvalue weighted by Crippen LogP contribution is 2.22. The van der Waals surface area contributed by atoms with Crippen LogP contribution in [0, 0.1) is 13.8 Å². The molecular formula is C19H18N2O3S. The van der Waals surface area contributed by atoms with Gasteiger partial charge in [-0.25, -0.2) is 4.79 Å². The standard InChI is InChI=1S/C19H18N2O3S/c1-11-4-7-14(8-5-11)17(22)20-19-21(13(3)18(23)24)15-9-6-12(2)10-16(15)25-19/h4-10,13H,1-3H3,(H,23,24). The van der Waals surface area contributed by atoms with Gasteiger partial charge < -0.3 is 9.67 Å². The third-order valence-electron chi connectivity index (χ3n) is 4.02. The summed E-state index contributed by atoms with van der Waals surface area (Å²) in [6.45, 7) is 5.50. The van der Waals surface area contributed by atoms with E-state index in [1.165, 1.54) is 11.3 Å². The van der Waals surface area contributed by atoms with Crippen LogP contribution in [0.15, 0.2) is 47.5 Å². The largest absolute Gasteiger partial charge is 0.480 e. The van der Waals surface area contributed by atoms with Gasteiger partial charge in [-0.05, 0) is 50.6 Å². The molecule has 1 atom stereocenters. The minimum absolute atomic E-state index is 0.380. The molecule has 128 valence electrons. The van der Waals surface area contributed by atoms with E-state index < -0.39 is 12.0 Å². The molecule has 1 aromatic heterocycles. The Bertz CT molecular complexity index is 1030. The lowest BCUT2D eigenvalue weighted by Crippen LogP contribution is -2.25. The lowest BCUT2D eigenvalue weighted by molar-refractivity contribution is -0.140. The van der Waals surface area contributed by atoms with Crippen LogP contribution in [-0.4, -0.2) is 21.6 Å². The summed E-state index contributed by atoms with van der Waals surface area (Å²) in [5.41, 5.74) is 3.37. The third kappa shape index (κ3) is 3.39. The van der Waals surface area contributed by atoms with Gasteiger partial charge in [-0.1, -0.05) is 35.1 Å². The Labute approximate surface area is 148 Å². The van der Waals surface area contributed by atoms with E-state index in [9.17, 15) is 14.7 Å². The van der Waals surface area contributed by atoms with Crippen LogP contribution in [0.4, 0.5) is 0 Å². The molecule has 1 amide bonds. The smallest absolute Gasteiger partial charge is 0.326 e. The van der Waals surface area contributed by atoms with Crippen LogP contribution in [-0.2, 0) is 4.79 Å². The molecule has 0 aliphatic rings. The van der Waals surface area contributed by atoms with Gasteiger partial charge in [0.2, 0.25) is 0 Å². The molecule has 2 aromatic carbocycles. The first-order valence-electron chi connectivity index (χ1n) is 7.87. The van der Waals surface area contributed by atoms with Crippen molar-refractivity contribution < 1.29 is 14.7 Å². The van der Waals surface area contributed by atoms with Crippen molar-refractivity contribution in [3.05, 3.63) is 64.0 Å². The highest BCUT2D eigenvalue weighted by atomic mass is 32.1. The van der Waals surface area contributed by atoms with Crippen molar-refractivity contribution in [2.75, 3.05) is 0 Å². The quantitative estimate of drug-likeness (QED) is 0.779. The van der Waals surface area contributed by atoms with Gasteiger partial charge in [0.05, 0.1) is 10.2 Å². The second-order valence-electron chi connectivity index (χ2n) is 6.02. The van der Waals surface area contributed by atoms with Crippen molar-refractivity contribution in [3.63, 3.8) is 0 Å². The fourth-order valence-corrected chi connectivity index (χ4v) is 3.76. The van der Waals surface area contributed by atoms with Gasteiger partial charge in [-0.2, -0.15) is 4.99 Å². The van der Waals surface area contributed by atoms with Crippen molar-refractivity contribution in [2.45, 2.75) is 26.8 Å². The molecule has 25 heavy (non-hydrogen) atoms. The monoisotopic (exact) mass is 354 g/mol. The maximum Gasteiger partial charge on any atom is 0.326 e. The molecule has 0 radical (unpaired) electrons. The summed E-state index contributed by atoms with van der Waals surface area (Å²) in [4.78, 5) is 28.6. The molecule has 0 aliphatic carbocycles. The molecule has 5 nitrogen and oxygen atoms in total. The number of hydrogen-bond acceptors (Lipinski definition) is 3. The first-order valence-corrected chi connectivity index (χ1v) is 8.68. The topological polar surface area (TPSA) is 71.7 Å². The maximum atomic E-state index is 12.5. The summed E-state index contributed by atoms with van der Waals surface area (Å²) in [6, 6.07) is 12.1. The van der Waals surface area contributed by atoms with Gasteiger partial charge in [0, 0.05) is 5.56 Å². The zero-order valence-corrected chi connectivity index (χ0v) is 15.0. The first kappa shape index (κ1) is 17.1. The van der Waals surface area contributed by atoms with Gasteiger partial charge in [0.15, 0.2) is 4.80 Å². The van der Waals surface area contributed by atoms with E-state index in [0.29, 0.717) is 10.4 Å². The molecule has 0 saturated heterocycles. The van der Waals surface area contributed by atoms with Crippen molar-refractivity contribution in [1.29, 1.82) is 0 Å². The summed E-state index contributed by atoms with van der Waals surface area (Å²) in [5.74, 6) is -1.35. The van der Waals surface area contributed by atoms with Gasteiger partial charge in [0.1, 0.15) is 6.04 Å². The molecule has 1 unspecified atom stereocenters. The average Bonchev–Trinajstić information content (AvgIpc) is 2.91. The molecule has 0 bridgehead atoms. The predicted octanol–water partition coefficient (Wildman–Crippen LogP) is 3.71. The fraction of sp³-hybridized carbons (Fsp3) is 0.211. The maximum absolute atomic E-state index is 12.5. The lowest BCUT2D eigenvalue weighted by Gasteiger charge is -2.10. The Kier molecular flexibility index (Phi) is 4.55. The number of fused-ring (bicyclic) bond motifs is 1. The molecule has 3 rings (SSSR count). The second-order valence-corrected chi connectivity index (χ2v) is 7.03. The summed E-state index contributed by atoms with van der Waals surface area (Å²) in [5, 5.41) is 9.43. The minimum atomic E-state index is -0.968. The van der Waals surface area contributed by atoms with Crippen LogP contribution in [0.25, 0.3) is 10.2 Å². The SMILES string of the molecule is Cc1ccc(C(=O)N=c2sc3cc(C)ccc3n2C(C)C(=O)O)cc1. The Hall–Kier alpha value is -2.73. The number of aryl methyl sites for hydroxylation is 2. The van der Waals surface area contributed by atoms with Crippen LogP contribution >= 0.6 is 11.3 Å². The van der Waals surface area contributed by atoms with Crippen molar-refractivity contribution in [3.8, 4) is 0 Å². The Morgan fingerprint density at radius 3 is 2.36 bits per heavy atom. The number of carboxylic acid groups (broad SMARTS) is 1. The number of nitrogens with zero attached hydrogens (tertiary/aromatic N) is 2. The number of amides is 1. The minimum Gasteiger partial charge on any atom is -0.480 e. The third-order valence-corrected chi connectivity index (χ3v) is 5.04. The molecule has 0 spiro atoms. The Balaban J connectivity index is 2.20. The summed E-state index contributed by atoms with van der Waals surface area (Å²) >= 11 is 1.32. The van der Waals surface area contributed by atoms with Crippen molar-refractivity contribution >= 4 is 33.4 Å². The molecule has 0 saturated carbocycles. The molecule has 1 heterocycles.